The van der Waals surface area contributed by atoms with Crippen molar-refractivity contribution in [3.63, 3.8) is 0 Å². The molecular formula is C17H27N. The van der Waals surface area contributed by atoms with Gasteiger partial charge in [-0.2, -0.15) is 0 Å². The van der Waals surface area contributed by atoms with Crippen LogP contribution < -0.4 is 5.73 Å². The van der Waals surface area contributed by atoms with Crippen molar-refractivity contribution in [3.05, 3.63) is 34.9 Å². The molecule has 1 aromatic carbocycles. The molecule has 1 unspecified atom stereocenters. The average molecular weight is 245 g/mol. The van der Waals surface area contributed by atoms with Crippen molar-refractivity contribution < 1.29 is 0 Å². The summed E-state index contributed by atoms with van der Waals surface area (Å²) in [7, 11) is 0. The molecule has 0 radical (unpaired) electrons. The number of benzene rings is 1. The highest BCUT2D eigenvalue weighted by atomic mass is 14.6. The van der Waals surface area contributed by atoms with Gasteiger partial charge in [0.25, 0.3) is 0 Å². The van der Waals surface area contributed by atoms with Crippen molar-refractivity contribution in [2.24, 2.45) is 11.7 Å². The maximum atomic E-state index is 6.38. The van der Waals surface area contributed by atoms with Crippen LogP contribution in [0.25, 0.3) is 0 Å². The normalized spacial score (nSPS) is 18.8. The van der Waals surface area contributed by atoms with Gasteiger partial charge in [0, 0.05) is 6.04 Å². The van der Waals surface area contributed by atoms with E-state index in [1.54, 1.807) is 0 Å². The van der Waals surface area contributed by atoms with Crippen molar-refractivity contribution in [2.45, 2.75) is 64.8 Å². The molecule has 100 valence electrons. The minimum absolute atomic E-state index is 0.229. The summed E-state index contributed by atoms with van der Waals surface area (Å²) in [5, 5.41) is 0. The predicted octanol–water partition coefficient (Wildman–Crippen LogP) is 4.66. The Morgan fingerprint density at radius 1 is 1.17 bits per heavy atom. The van der Waals surface area contributed by atoms with Crippen LogP contribution in [0.3, 0.4) is 0 Å². The SMILES string of the molecule is Cc1cccc(C(N)CCC2CCCCC2)c1C. The first-order valence-electron chi connectivity index (χ1n) is 7.50. The van der Waals surface area contributed by atoms with E-state index in [-0.39, 0.29) is 6.04 Å². The van der Waals surface area contributed by atoms with Gasteiger partial charge in [0.2, 0.25) is 0 Å². The molecule has 0 bridgehead atoms. The molecule has 1 heteroatoms. The first-order chi connectivity index (χ1) is 8.68. The quantitative estimate of drug-likeness (QED) is 0.820. The van der Waals surface area contributed by atoms with Crippen LogP contribution in [0.15, 0.2) is 18.2 Å². The molecule has 1 aliphatic rings. The standard InChI is InChI=1S/C17H27N/c1-13-7-6-10-16(14(13)2)17(18)12-11-15-8-4-3-5-9-15/h6-7,10,15,17H,3-5,8-9,11-12,18H2,1-2H3. The van der Waals surface area contributed by atoms with E-state index in [1.807, 2.05) is 0 Å². The zero-order chi connectivity index (χ0) is 13.0. The summed E-state index contributed by atoms with van der Waals surface area (Å²) in [6, 6.07) is 6.74. The Hall–Kier alpha value is -0.820. The second kappa shape index (κ2) is 6.38. The van der Waals surface area contributed by atoms with Crippen molar-refractivity contribution in [1.82, 2.24) is 0 Å². The molecule has 1 fully saturated rings. The zero-order valence-electron chi connectivity index (χ0n) is 11.9. The van der Waals surface area contributed by atoms with Gasteiger partial charge in [-0.1, -0.05) is 50.3 Å². The maximum absolute atomic E-state index is 6.38. The highest BCUT2D eigenvalue weighted by molar-refractivity contribution is 5.35. The smallest absolute Gasteiger partial charge is 0.0297 e. The predicted molar refractivity (Wildman–Crippen MR) is 78.7 cm³/mol. The van der Waals surface area contributed by atoms with Gasteiger partial charge in [-0.15, -0.1) is 0 Å². The van der Waals surface area contributed by atoms with Crippen LogP contribution in [0.1, 0.15) is 67.7 Å². The van der Waals surface area contributed by atoms with E-state index in [0.29, 0.717) is 0 Å². The van der Waals surface area contributed by atoms with Gasteiger partial charge >= 0.3 is 0 Å². The fraction of sp³-hybridized carbons (Fsp3) is 0.647. The van der Waals surface area contributed by atoms with Gasteiger partial charge in [-0.3, -0.25) is 0 Å². The van der Waals surface area contributed by atoms with Crippen LogP contribution in [0.2, 0.25) is 0 Å². The molecule has 1 aromatic rings. The molecule has 2 rings (SSSR count). The monoisotopic (exact) mass is 245 g/mol. The molecule has 2 N–H and O–H groups in total. The van der Waals surface area contributed by atoms with E-state index >= 15 is 0 Å². The maximum Gasteiger partial charge on any atom is 0.0297 e. The second-order valence-electron chi connectivity index (χ2n) is 5.98. The van der Waals surface area contributed by atoms with Crippen molar-refractivity contribution in [3.8, 4) is 0 Å². The van der Waals surface area contributed by atoms with Crippen molar-refractivity contribution in [1.29, 1.82) is 0 Å². The van der Waals surface area contributed by atoms with E-state index < -0.39 is 0 Å². The van der Waals surface area contributed by atoms with Crippen molar-refractivity contribution >= 4 is 0 Å². The first kappa shape index (κ1) is 13.6. The van der Waals surface area contributed by atoms with Crippen LogP contribution >= 0.6 is 0 Å². The summed E-state index contributed by atoms with van der Waals surface area (Å²) in [5.41, 5.74) is 10.5. The largest absolute Gasteiger partial charge is 0.324 e. The van der Waals surface area contributed by atoms with Crippen LogP contribution in [0.4, 0.5) is 0 Å². The van der Waals surface area contributed by atoms with Gasteiger partial charge < -0.3 is 5.73 Å². The molecule has 1 aliphatic carbocycles. The van der Waals surface area contributed by atoms with E-state index in [1.165, 1.54) is 55.2 Å². The Balaban J connectivity index is 1.90. The fourth-order valence-corrected chi connectivity index (χ4v) is 3.22. The summed E-state index contributed by atoms with van der Waals surface area (Å²) in [6.07, 6.45) is 9.63. The number of hydrogen-bond acceptors (Lipinski definition) is 1. The van der Waals surface area contributed by atoms with Gasteiger partial charge in [0.15, 0.2) is 0 Å². The lowest BCUT2D eigenvalue weighted by Gasteiger charge is -2.23. The number of rotatable bonds is 4. The number of aryl methyl sites for hydroxylation is 1. The fourth-order valence-electron chi connectivity index (χ4n) is 3.22. The van der Waals surface area contributed by atoms with Crippen LogP contribution in [0, 0.1) is 19.8 Å². The molecule has 0 heterocycles. The Kier molecular flexibility index (Phi) is 4.82. The van der Waals surface area contributed by atoms with Crippen LogP contribution in [-0.4, -0.2) is 0 Å². The van der Waals surface area contributed by atoms with Crippen molar-refractivity contribution in [2.75, 3.05) is 0 Å². The lowest BCUT2D eigenvalue weighted by molar-refractivity contribution is 0.324. The van der Waals surface area contributed by atoms with E-state index in [2.05, 4.69) is 32.0 Å². The van der Waals surface area contributed by atoms with Gasteiger partial charge in [-0.25, -0.2) is 0 Å². The molecule has 0 saturated heterocycles. The number of nitrogens with two attached hydrogens (primary N) is 1. The molecule has 0 aromatic heterocycles. The summed E-state index contributed by atoms with van der Waals surface area (Å²) < 4.78 is 0. The summed E-state index contributed by atoms with van der Waals surface area (Å²) in [6.45, 7) is 4.37. The van der Waals surface area contributed by atoms with Gasteiger partial charge in [0.05, 0.1) is 0 Å². The molecule has 18 heavy (non-hydrogen) atoms. The third-order valence-corrected chi connectivity index (χ3v) is 4.66. The van der Waals surface area contributed by atoms with Crippen LogP contribution in [-0.2, 0) is 0 Å². The molecule has 0 amide bonds. The Bertz CT molecular complexity index is 377. The summed E-state index contributed by atoms with van der Waals surface area (Å²) in [5.74, 6) is 0.940. The molecular weight excluding hydrogens is 218 g/mol. The Morgan fingerprint density at radius 3 is 2.61 bits per heavy atom. The molecule has 0 spiro atoms. The Labute approximate surface area is 112 Å². The number of hydrogen-bond donors (Lipinski definition) is 1. The minimum atomic E-state index is 0.229. The highest BCUT2D eigenvalue weighted by Gasteiger charge is 2.16. The molecule has 0 aliphatic heterocycles. The summed E-state index contributed by atoms with van der Waals surface area (Å²) in [4.78, 5) is 0. The average Bonchev–Trinajstić information content (AvgIpc) is 2.40. The lowest BCUT2D eigenvalue weighted by atomic mass is 9.84. The molecule has 1 saturated carbocycles. The molecule has 1 atom stereocenters. The summed E-state index contributed by atoms with van der Waals surface area (Å²) >= 11 is 0. The second-order valence-corrected chi connectivity index (χ2v) is 5.98. The van der Waals surface area contributed by atoms with E-state index in [9.17, 15) is 0 Å². The topological polar surface area (TPSA) is 26.0 Å². The third-order valence-electron chi connectivity index (χ3n) is 4.66. The van der Waals surface area contributed by atoms with Gasteiger partial charge in [-0.05, 0) is 49.3 Å². The molecule has 1 nitrogen and oxygen atoms in total. The van der Waals surface area contributed by atoms with E-state index in [4.69, 9.17) is 5.73 Å². The highest BCUT2D eigenvalue weighted by Crippen LogP contribution is 2.30. The first-order valence-corrected chi connectivity index (χ1v) is 7.50. The third kappa shape index (κ3) is 3.35. The van der Waals surface area contributed by atoms with Gasteiger partial charge in [0.1, 0.15) is 0 Å². The lowest BCUT2D eigenvalue weighted by Crippen LogP contribution is -2.15. The van der Waals surface area contributed by atoms with E-state index in [0.717, 1.165) is 12.3 Å². The minimum Gasteiger partial charge on any atom is -0.324 e. The zero-order valence-corrected chi connectivity index (χ0v) is 11.9. The van der Waals surface area contributed by atoms with Crippen LogP contribution in [0.5, 0.6) is 0 Å². The Morgan fingerprint density at radius 2 is 1.89 bits per heavy atom.